The number of hydrogen-bond donors (Lipinski definition) is 0. The molecule has 4 rings (SSSR count). The van der Waals surface area contributed by atoms with Crippen LogP contribution in [0.3, 0.4) is 0 Å². The van der Waals surface area contributed by atoms with Crippen molar-refractivity contribution in [1.29, 1.82) is 0 Å². The molecule has 0 fully saturated rings. The summed E-state index contributed by atoms with van der Waals surface area (Å²) in [6.45, 7) is 4.22. The molecule has 0 saturated heterocycles. The summed E-state index contributed by atoms with van der Waals surface area (Å²) >= 11 is 3.21. The van der Waals surface area contributed by atoms with Gasteiger partial charge in [0.05, 0.1) is 4.90 Å². The second-order valence-corrected chi connectivity index (χ2v) is 8.80. The van der Waals surface area contributed by atoms with Crippen LogP contribution in [0, 0.1) is 0 Å². The lowest BCUT2D eigenvalue weighted by Gasteiger charge is -2.18. The molecule has 0 atom stereocenters. The van der Waals surface area contributed by atoms with Crippen LogP contribution in [0.15, 0.2) is 48.7 Å². The standard InChI is InChI=1S/C17H17BrN6O5S/c1-3-23(4-2)30(25,26)11-5-6-12-13(9-11)24(22-19-12)27-10-16-20-21-17(29-16)14-7-8-15(18)28-14/h5-9H,3-4,10H2,1-2H3. The predicted octanol–water partition coefficient (Wildman–Crippen LogP) is 2.50. The lowest BCUT2D eigenvalue weighted by atomic mass is 10.3. The first-order valence-corrected chi connectivity index (χ1v) is 11.2. The van der Waals surface area contributed by atoms with E-state index in [2.05, 4.69) is 36.4 Å². The van der Waals surface area contributed by atoms with E-state index >= 15 is 0 Å². The Morgan fingerprint density at radius 1 is 1.10 bits per heavy atom. The summed E-state index contributed by atoms with van der Waals surface area (Å²) in [6.07, 6.45) is 0. The first-order valence-electron chi connectivity index (χ1n) is 8.99. The van der Waals surface area contributed by atoms with Crippen LogP contribution in [0.25, 0.3) is 22.7 Å². The Kier molecular flexibility index (Phi) is 5.58. The number of furan rings is 1. The molecule has 0 amide bonds. The van der Waals surface area contributed by atoms with E-state index in [4.69, 9.17) is 13.7 Å². The van der Waals surface area contributed by atoms with Gasteiger partial charge in [0.1, 0.15) is 11.0 Å². The highest BCUT2D eigenvalue weighted by Crippen LogP contribution is 2.24. The largest absolute Gasteiger partial charge is 0.444 e. The molecule has 4 aromatic rings. The average molecular weight is 497 g/mol. The number of rotatable bonds is 8. The van der Waals surface area contributed by atoms with Crippen LogP contribution >= 0.6 is 15.9 Å². The molecule has 0 aliphatic rings. The smallest absolute Gasteiger partial charge is 0.283 e. The summed E-state index contributed by atoms with van der Waals surface area (Å²) in [4.78, 5) is 6.84. The molecule has 158 valence electrons. The third-order valence-electron chi connectivity index (χ3n) is 4.29. The average Bonchev–Trinajstić information content (AvgIpc) is 3.46. The van der Waals surface area contributed by atoms with Gasteiger partial charge < -0.3 is 13.7 Å². The van der Waals surface area contributed by atoms with Gasteiger partial charge in [0.15, 0.2) is 17.0 Å². The summed E-state index contributed by atoms with van der Waals surface area (Å²) < 4.78 is 38.3. The summed E-state index contributed by atoms with van der Waals surface area (Å²) in [6, 6.07) is 7.95. The van der Waals surface area contributed by atoms with Crippen molar-refractivity contribution in [1.82, 2.24) is 29.7 Å². The molecule has 30 heavy (non-hydrogen) atoms. The molecule has 1 aromatic carbocycles. The fraction of sp³-hybridized carbons (Fsp3) is 0.294. The Bertz CT molecular complexity index is 1280. The summed E-state index contributed by atoms with van der Waals surface area (Å²) in [5, 5.41) is 15.7. The van der Waals surface area contributed by atoms with Gasteiger partial charge in [-0.05, 0) is 51.5 Å². The minimum atomic E-state index is -3.63. The van der Waals surface area contributed by atoms with Crippen LogP contribution in [-0.4, -0.2) is 51.2 Å². The van der Waals surface area contributed by atoms with Gasteiger partial charge in [-0.15, -0.1) is 15.3 Å². The zero-order valence-electron chi connectivity index (χ0n) is 16.0. The second-order valence-electron chi connectivity index (χ2n) is 6.08. The zero-order chi connectivity index (χ0) is 21.3. The maximum Gasteiger partial charge on any atom is 0.283 e. The van der Waals surface area contributed by atoms with Gasteiger partial charge in [-0.3, -0.25) is 0 Å². The normalized spacial score (nSPS) is 12.1. The lowest BCUT2D eigenvalue weighted by molar-refractivity contribution is 0.0616. The Hall–Kier alpha value is -2.77. The van der Waals surface area contributed by atoms with Gasteiger partial charge in [0, 0.05) is 13.1 Å². The zero-order valence-corrected chi connectivity index (χ0v) is 18.4. The monoisotopic (exact) mass is 496 g/mol. The minimum Gasteiger partial charge on any atom is -0.444 e. The van der Waals surface area contributed by atoms with E-state index in [1.54, 1.807) is 32.0 Å². The van der Waals surface area contributed by atoms with Gasteiger partial charge >= 0.3 is 0 Å². The highest BCUT2D eigenvalue weighted by atomic mass is 79.9. The SMILES string of the molecule is CCN(CC)S(=O)(=O)c1ccc2nnn(OCc3nnc(-c4ccc(Br)o4)o3)c2c1. The number of halogens is 1. The second kappa shape index (κ2) is 8.16. The van der Waals surface area contributed by atoms with Crippen LogP contribution in [-0.2, 0) is 16.6 Å². The van der Waals surface area contributed by atoms with E-state index in [0.29, 0.717) is 34.6 Å². The molecule has 13 heteroatoms. The number of benzene rings is 1. The molecule has 0 spiro atoms. The van der Waals surface area contributed by atoms with E-state index in [-0.39, 0.29) is 23.3 Å². The molecule has 3 heterocycles. The topological polar surface area (TPSA) is 129 Å². The number of aromatic nitrogens is 5. The molecule has 0 aliphatic heterocycles. The number of hydrogen-bond acceptors (Lipinski definition) is 9. The van der Waals surface area contributed by atoms with Crippen molar-refractivity contribution >= 4 is 37.0 Å². The predicted molar refractivity (Wildman–Crippen MR) is 108 cm³/mol. The molecule has 11 nitrogen and oxygen atoms in total. The van der Waals surface area contributed by atoms with Crippen molar-refractivity contribution in [3.8, 4) is 11.7 Å². The van der Waals surface area contributed by atoms with Crippen LogP contribution in [0.1, 0.15) is 19.7 Å². The highest BCUT2D eigenvalue weighted by molar-refractivity contribution is 9.10. The minimum absolute atomic E-state index is 0.0969. The van der Waals surface area contributed by atoms with Gasteiger partial charge in [0.25, 0.3) is 11.8 Å². The first-order chi connectivity index (χ1) is 14.4. The summed E-state index contributed by atoms with van der Waals surface area (Å²) in [7, 11) is -3.63. The van der Waals surface area contributed by atoms with Crippen LogP contribution in [0.2, 0.25) is 0 Å². The molecule has 0 aliphatic carbocycles. The van der Waals surface area contributed by atoms with E-state index in [9.17, 15) is 8.42 Å². The van der Waals surface area contributed by atoms with E-state index in [1.807, 2.05) is 0 Å². The van der Waals surface area contributed by atoms with Crippen molar-refractivity contribution in [3.05, 3.63) is 40.9 Å². The number of sulfonamides is 1. The molecule has 0 bridgehead atoms. The molecular formula is C17H17BrN6O5S. The number of fused-ring (bicyclic) bond motifs is 1. The Labute approximate surface area is 179 Å². The molecular weight excluding hydrogens is 480 g/mol. The lowest BCUT2D eigenvalue weighted by Crippen LogP contribution is -2.30. The van der Waals surface area contributed by atoms with Crippen LogP contribution in [0.5, 0.6) is 0 Å². The van der Waals surface area contributed by atoms with Gasteiger partial charge in [0.2, 0.25) is 10.0 Å². The molecule has 0 radical (unpaired) electrons. The van der Waals surface area contributed by atoms with Crippen LogP contribution in [0.4, 0.5) is 0 Å². The quantitative estimate of drug-likeness (QED) is 0.361. The maximum atomic E-state index is 12.8. The van der Waals surface area contributed by atoms with E-state index in [1.165, 1.54) is 16.4 Å². The van der Waals surface area contributed by atoms with Crippen molar-refractivity contribution in [2.24, 2.45) is 0 Å². The highest BCUT2D eigenvalue weighted by Gasteiger charge is 2.23. The molecule has 0 unspecified atom stereocenters. The Morgan fingerprint density at radius 3 is 2.60 bits per heavy atom. The Balaban J connectivity index is 1.56. The first kappa shape index (κ1) is 20.5. The Morgan fingerprint density at radius 2 is 1.90 bits per heavy atom. The van der Waals surface area contributed by atoms with Gasteiger partial charge in [-0.1, -0.05) is 18.7 Å². The van der Waals surface area contributed by atoms with Crippen molar-refractivity contribution in [3.63, 3.8) is 0 Å². The summed E-state index contributed by atoms with van der Waals surface area (Å²) in [5.74, 6) is 0.807. The molecule has 0 N–H and O–H groups in total. The van der Waals surface area contributed by atoms with Gasteiger partial charge in [-0.2, -0.15) is 4.31 Å². The van der Waals surface area contributed by atoms with Crippen LogP contribution < -0.4 is 4.84 Å². The fourth-order valence-electron chi connectivity index (χ4n) is 2.80. The van der Waals surface area contributed by atoms with Crippen molar-refractivity contribution in [2.75, 3.05) is 13.1 Å². The third kappa shape index (κ3) is 3.82. The van der Waals surface area contributed by atoms with E-state index < -0.39 is 10.0 Å². The van der Waals surface area contributed by atoms with Crippen molar-refractivity contribution < 1.29 is 22.1 Å². The summed E-state index contributed by atoms with van der Waals surface area (Å²) in [5.41, 5.74) is 0.887. The molecule has 3 aromatic heterocycles. The van der Waals surface area contributed by atoms with Crippen molar-refractivity contribution in [2.45, 2.75) is 25.3 Å². The van der Waals surface area contributed by atoms with E-state index in [0.717, 1.165) is 4.85 Å². The third-order valence-corrected chi connectivity index (χ3v) is 6.76. The maximum absolute atomic E-state index is 12.8. The van der Waals surface area contributed by atoms with Gasteiger partial charge in [-0.25, -0.2) is 8.42 Å². The number of nitrogens with zero attached hydrogens (tertiary/aromatic N) is 6. The fourth-order valence-corrected chi connectivity index (χ4v) is 4.59. The molecule has 0 saturated carbocycles.